The number of aromatic nitrogens is 1. The molecule has 1 aliphatic heterocycles. The number of H-pyrrole nitrogens is 1. The number of benzene rings is 2. The van der Waals surface area contributed by atoms with Crippen molar-refractivity contribution in [3.8, 4) is 11.5 Å². The number of hydrogen-bond acceptors (Lipinski definition) is 5. The summed E-state index contributed by atoms with van der Waals surface area (Å²) in [5.41, 5.74) is -1.22. The standard InChI is InChI=1S/C23H17Cl2F3N2O4S/c1-33-16-6-11-9-30(22(32)12(11)7-17(16)34-2)10-13-18(8-19(23(26,27)28)29-21(13)31)35-20-14(24)4-3-5-15(20)25/h3-8H,9-10H2,1-2H3,(H,29,31). The van der Waals surface area contributed by atoms with Crippen LogP contribution in [0.25, 0.3) is 0 Å². The number of fused-ring (bicyclic) bond motifs is 1. The van der Waals surface area contributed by atoms with Gasteiger partial charge in [-0.2, -0.15) is 13.2 Å². The molecule has 2 heterocycles. The molecule has 0 fully saturated rings. The van der Waals surface area contributed by atoms with Crippen molar-refractivity contribution in [3.05, 3.63) is 79.2 Å². The van der Waals surface area contributed by atoms with E-state index in [0.717, 1.165) is 17.8 Å². The van der Waals surface area contributed by atoms with Crippen LogP contribution in [0.15, 0.2) is 51.0 Å². The molecule has 0 saturated heterocycles. The fraction of sp³-hybridized carbons (Fsp3) is 0.217. The highest BCUT2D eigenvalue weighted by molar-refractivity contribution is 7.99. The lowest BCUT2D eigenvalue weighted by molar-refractivity contribution is -0.141. The summed E-state index contributed by atoms with van der Waals surface area (Å²) in [4.78, 5) is 29.4. The third-order valence-corrected chi connectivity index (χ3v) is 7.45. The van der Waals surface area contributed by atoms with Crippen molar-refractivity contribution >= 4 is 40.9 Å². The first-order chi connectivity index (χ1) is 16.5. The van der Waals surface area contributed by atoms with Gasteiger partial charge in [-0.05, 0) is 35.9 Å². The Labute approximate surface area is 211 Å². The molecule has 1 aliphatic rings. The molecule has 0 aliphatic carbocycles. The van der Waals surface area contributed by atoms with Crippen molar-refractivity contribution in [1.82, 2.24) is 9.88 Å². The number of carbonyl (C=O) groups excluding carboxylic acids is 1. The lowest BCUT2D eigenvalue weighted by Gasteiger charge is -2.19. The smallest absolute Gasteiger partial charge is 0.431 e. The van der Waals surface area contributed by atoms with Gasteiger partial charge in [0.15, 0.2) is 11.5 Å². The summed E-state index contributed by atoms with van der Waals surface area (Å²) in [6.07, 6.45) is -4.79. The van der Waals surface area contributed by atoms with Crippen LogP contribution in [0.1, 0.15) is 27.2 Å². The molecule has 1 amide bonds. The van der Waals surface area contributed by atoms with Crippen LogP contribution in [-0.2, 0) is 19.3 Å². The van der Waals surface area contributed by atoms with Crippen molar-refractivity contribution in [1.29, 1.82) is 0 Å². The Morgan fingerprint density at radius 1 is 1.06 bits per heavy atom. The number of rotatable bonds is 6. The molecule has 0 atom stereocenters. The number of methoxy groups -OCH3 is 2. The van der Waals surface area contributed by atoms with E-state index in [0.29, 0.717) is 27.5 Å². The lowest BCUT2D eigenvalue weighted by Crippen LogP contribution is -2.29. The van der Waals surface area contributed by atoms with E-state index in [2.05, 4.69) is 0 Å². The highest BCUT2D eigenvalue weighted by Crippen LogP contribution is 2.42. The minimum atomic E-state index is -4.79. The first-order valence-corrected chi connectivity index (χ1v) is 11.6. The molecule has 184 valence electrons. The van der Waals surface area contributed by atoms with Gasteiger partial charge in [0.05, 0.1) is 36.4 Å². The second-order valence-electron chi connectivity index (χ2n) is 7.53. The maximum absolute atomic E-state index is 13.4. The van der Waals surface area contributed by atoms with E-state index in [1.165, 1.54) is 37.3 Å². The molecule has 0 unspecified atom stereocenters. The predicted molar refractivity (Wildman–Crippen MR) is 126 cm³/mol. The number of carbonyl (C=O) groups is 1. The fourth-order valence-corrected chi connectivity index (χ4v) is 5.30. The van der Waals surface area contributed by atoms with E-state index in [-0.39, 0.29) is 33.6 Å². The Bertz CT molecular complexity index is 1360. The summed E-state index contributed by atoms with van der Waals surface area (Å²) >= 11 is 13.3. The number of amides is 1. The predicted octanol–water partition coefficient (Wildman–Crippen LogP) is 6.02. The van der Waals surface area contributed by atoms with Gasteiger partial charge < -0.3 is 19.4 Å². The number of nitrogens with zero attached hydrogens (tertiary/aromatic N) is 1. The van der Waals surface area contributed by atoms with Gasteiger partial charge in [0, 0.05) is 21.9 Å². The number of hydrogen-bond donors (Lipinski definition) is 1. The Morgan fingerprint density at radius 2 is 1.69 bits per heavy atom. The summed E-state index contributed by atoms with van der Waals surface area (Å²) in [7, 11) is 2.90. The molecule has 1 aromatic heterocycles. The van der Waals surface area contributed by atoms with E-state index in [1.54, 1.807) is 12.1 Å². The Balaban J connectivity index is 1.75. The van der Waals surface area contributed by atoms with Crippen LogP contribution in [0.4, 0.5) is 13.2 Å². The highest BCUT2D eigenvalue weighted by Gasteiger charge is 2.35. The van der Waals surface area contributed by atoms with E-state index in [1.807, 2.05) is 4.98 Å². The number of nitrogens with one attached hydrogen (secondary N) is 1. The van der Waals surface area contributed by atoms with Gasteiger partial charge in [-0.15, -0.1) is 0 Å². The second kappa shape index (κ2) is 9.67. The monoisotopic (exact) mass is 544 g/mol. The average Bonchev–Trinajstić information content (AvgIpc) is 3.10. The zero-order valence-electron chi connectivity index (χ0n) is 18.3. The Morgan fingerprint density at radius 3 is 2.29 bits per heavy atom. The molecule has 2 aromatic carbocycles. The molecular formula is C23H17Cl2F3N2O4S. The maximum Gasteiger partial charge on any atom is 0.431 e. The largest absolute Gasteiger partial charge is 0.493 e. The number of aromatic amines is 1. The van der Waals surface area contributed by atoms with E-state index >= 15 is 0 Å². The molecule has 0 radical (unpaired) electrons. The number of halogens is 5. The molecule has 0 bridgehead atoms. The van der Waals surface area contributed by atoms with E-state index < -0.39 is 23.3 Å². The second-order valence-corrected chi connectivity index (χ2v) is 9.40. The van der Waals surface area contributed by atoms with E-state index in [4.69, 9.17) is 32.7 Å². The summed E-state index contributed by atoms with van der Waals surface area (Å²) in [6, 6.07) is 8.68. The van der Waals surface area contributed by atoms with Crippen LogP contribution in [0.3, 0.4) is 0 Å². The summed E-state index contributed by atoms with van der Waals surface area (Å²) in [5.74, 6) is 0.392. The van der Waals surface area contributed by atoms with Gasteiger partial charge in [-0.25, -0.2) is 0 Å². The van der Waals surface area contributed by atoms with Gasteiger partial charge in [0.25, 0.3) is 11.5 Å². The average molecular weight is 545 g/mol. The maximum atomic E-state index is 13.4. The quantitative estimate of drug-likeness (QED) is 0.410. The first kappa shape index (κ1) is 25.3. The zero-order valence-corrected chi connectivity index (χ0v) is 20.6. The molecule has 0 spiro atoms. The van der Waals surface area contributed by atoms with Crippen molar-refractivity contribution in [3.63, 3.8) is 0 Å². The molecule has 3 aromatic rings. The molecule has 0 saturated carbocycles. The van der Waals surface area contributed by atoms with Gasteiger partial charge >= 0.3 is 6.18 Å². The van der Waals surface area contributed by atoms with Gasteiger partial charge in [0.2, 0.25) is 0 Å². The normalized spacial score (nSPS) is 13.2. The van der Waals surface area contributed by atoms with Crippen LogP contribution in [-0.4, -0.2) is 30.0 Å². The topological polar surface area (TPSA) is 71.6 Å². The van der Waals surface area contributed by atoms with Crippen LogP contribution >= 0.6 is 35.0 Å². The minimum Gasteiger partial charge on any atom is -0.493 e. The summed E-state index contributed by atoms with van der Waals surface area (Å²) in [5, 5.41) is 0.428. The van der Waals surface area contributed by atoms with Crippen LogP contribution < -0.4 is 15.0 Å². The lowest BCUT2D eigenvalue weighted by atomic mass is 10.1. The Kier molecular flexibility index (Phi) is 6.99. The Hall–Kier alpha value is -2.82. The molecule has 1 N–H and O–H groups in total. The minimum absolute atomic E-state index is 0.0185. The summed E-state index contributed by atoms with van der Waals surface area (Å²) in [6.45, 7) is -0.109. The van der Waals surface area contributed by atoms with Crippen LogP contribution in [0.2, 0.25) is 10.0 Å². The molecular weight excluding hydrogens is 528 g/mol. The molecule has 35 heavy (non-hydrogen) atoms. The van der Waals surface area contributed by atoms with Crippen molar-refractivity contribution in [2.45, 2.75) is 29.1 Å². The zero-order chi connectivity index (χ0) is 25.5. The molecule has 4 rings (SSSR count). The van der Waals surface area contributed by atoms with Gasteiger partial charge in [-0.1, -0.05) is 41.0 Å². The number of pyridine rings is 1. The van der Waals surface area contributed by atoms with Crippen LogP contribution in [0.5, 0.6) is 11.5 Å². The molecule has 6 nitrogen and oxygen atoms in total. The first-order valence-electron chi connectivity index (χ1n) is 10.0. The fourth-order valence-electron chi connectivity index (χ4n) is 3.66. The third-order valence-electron chi connectivity index (χ3n) is 5.37. The number of ether oxygens (including phenoxy) is 2. The van der Waals surface area contributed by atoms with Crippen molar-refractivity contribution < 1.29 is 27.4 Å². The summed E-state index contributed by atoms with van der Waals surface area (Å²) < 4.78 is 50.9. The van der Waals surface area contributed by atoms with Crippen molar-refractivity contribution in [2.24, 2.45) is 0 Å². The van der Waals surface area contributed by atoms with Crippen LogP contribution in [0, 0.1) is 0 Å². The van der Waals surface area contributed by atoms with Gasteiger partial charge in [0.1, 0.15) is 5.69 Å². The van der Waals surface area contributed by atoms with Crippen molar-refractivity contribution in [2.75, 3.05) is 14.2 Å². The SMILES string of the molecule is COc1cc2c(cc1OC)C(=O)N(Cc1c(Sc3c(Cl)cccc3Cl)cc(C(F)(F)F)[nH]c1=O)C2. The third kappa shape index (κ3) is 4.96. The van der Waals surface area contributed by atoms with E-state index in [9.17, 15) is 22.8 Å². The van der Waals surface area contributed by atoms with Gasteiger partial charge in [-0.3, -0.25) is 9.59 Å². The highest BCUT2D eigenvalue weighted by atomic mass is 35.5. The number of alkyl halides is 3. The molecule has 12 heteroatoms.